The Morgan fingerprint density at radius 3 is 0.903 bits per heavy atom. The third-order valence-corrected chi connectivity index (χ3v) is 31.2. The molecule has 0 aromatic heterocycles. The van der Waals surface area contributed by atoms with Gasteiger partial charge >= 0.3 is 89.5 Å². The fourth-order valence-corrected chi connectivity index (χ4v) is 25.2. The summed E-state index contributed by atoms with van der Waals surface area (Å²) in [6, 6.07) is 0. The van der Waals surface area contributed by atoms with Gasteiger partial charge in [-0.2, -0.15) is 0 Å². The highest BCUT2D eigenvalue weighted by molar-refractivity contribution is 6.31. The zero-order valence-corrected chi connectivity index (χ0v) is 82.6. The predicted octanol–water partition coefficient (Wildman–Crippen LogP) is 13.9. The first-order valence-corrected chi connectivity index (χ1v) is 50.7. The molecule has 12 saturated carbocycles. The van der Waals surface area contributed by atoms with Crippen LogP contribution in [0.4, 0.5) is 0 Å². The van der Waals surface area contributed by atoms with E-state index in [1.165, 1.54) is 27.7 Å². The van der Waals surface area contributed by atoms with Crippen molar-refractivity contribution in [3.63, 3.8) is 0 Å². The second-order valence-electron chi connectivity index (χ2n) is 41.3. The molecule has 0 aromatic carbocycles. The van der Waals surface area contributed by atoms with Gasteiger partial charge in [-0.15, -0.1) is 69.6 Å². The molecule has 12 saturated heterocycles. The van der Waals surface area contributed by atoms with E-state index in [1.54, 1.807) is 41.5 Å². The molecule has 24 bridgehead atoms. The van der Waals surface area contributed by atoms with Crippen LogP contribution in [-0.4, -0.2) is 230 Å². The normalized spacial score (nSPS) is 38.2. The van der Waals surface area contributed by atoms with Crippen molar-refractivity contribution in [2.45, 2.75) is 421 Å². The van der Waals surface area contributed by atoms with Crippen LogP contribution in [0.5, 0.6) is 0 Å². The average molecular weight is 2010 g/mol. The average Bonchev–Trinajstić information content (AvgIpc) is 1.61. The van der Waals surface area contributed by atoms with E-state index in [4.69, 9.17) is 155 Å². The van der Waals surface area contributed by atoms with E-state index in [-0.39, 0.29) is 120 Å². The van der Waals surface area contributed by atoms with Gasteiger partial charge in [0, 0.05) is 64.2 Å². The molecule has 12 aliphatic heterocycles. The lowest BCUT2D eigenvalue weighted by Gasteiger charge is -2.47. The maximum atomic E-state index is 12.5. The molecule has 35 unspecified atom stereocenters. The molecular weight excluding hydrogens is 1880 g/mol. The van der Waals surface area contributed by atoms with Crippen molar-refractivity contribution in [3.05, 3.63) is 0 Å². The van der Waals surface area contributed by atoms with Gasteiger partial charge in [0.05, 0.1) is 52.3 Å². The first kappa shape index (κ1) is 105. The van der Waals surface area contributed by atoms with Gasteiger partial charge < -0.3 is 85.3 Å². The zero-order chi connectivity index (χ0) is 97.2. The number of esters is 15. The zero-order valence-electron chi connectivity index (χ0n) is 78.0. The summed E-state index contributed by atoms with van der Waals surface area (Å²) in [7, 11) is 0. The van der Waals surface area contributed by atoms with Crippen molar-refractivity contribution in [3.8, 4) is 0 Å². The Balaban J connectivity index is 0.000000136. The van der Waals surface area contributed by atoms with E-state index in [1.807, 2.05) is 6.92 Å². The van der Waals surface area contributed by atoms with Crippen LogP contribution >= 0.6 is 69.6 Å². The topological polar surface area (TPSA) is 422 Å². The molecule has 750 valence electrons. The van der Waals surface area contributed by atoms with Gasteiger partial charge in [0.25, 0.3) is 0 Å². The summed E-state index contributed by atoms with van der Waals surface area (Å²) >= 11 is 34.2. The maximum absolute atomic E-state index is 12.5. The number of ether oxygens (including phenoxy) is 18. The fraction of sp³-hybridized carbons (Fsp3) is 0.842. The van der Waals surface area contributed by atoms with Crippen LogP contribution in [0.25, 0.3) is 0 Å². The molecule has 39 heteroatoms. The van der Waals surface area contributed by atoms with Crippen LogP contribution in [0.2, 0.25) is 0 Å². The van der Waals surface area contributed by atoms with Crippen molar-refractivity contribution < 1.29 is 157 Å². The molecule has 0 amide bonds. The third-order valence-electron chi connectivity index (χ3n) is 29.8. The van der Waals surface area contributed by atoms with E-state index in [2.05, 4.69) is 0 Å². The predicted molar refractivity (Wildman–Crippen MR) is 472 cm³/mol. The number of alkyl halides is 6. The molecule has 24 rings (SSSR count). The number of fused-ring (bicyclic) bond motifs is 6. The highest BCUT2D eigenvalue weighted by Crippen LogP contribution is 2.58. The van der Waals surface area contributed by atoms with Crippen molar-refractivity contribution in [1.29, 1.82) is 0 Å². The van der Waals surface area contributed by atoms with E-state index >= 15 is 0 Å². The number of hydrogen-bond donors (Lipinski definition) is 0. The van der Waals surface area contributed by atoms with Gasteiger partial charge in [0.1, 0.15) is 85.7 Å². The first-order chi connectivity index (χ1) is 63.2. The van der Waals surface area contributed by atoms with Crippen LogP contribution < -0.4 is 0 Å². The monoisotopic (exact) mass is 2010 g/mol. The Morgan fingerprint density at radius 1 is 0.291 bits per heavy atom. The van der Waals surface area contributed by atoms with Gasteiger partial charge in [0.15, 0.2) is 25.1 Å². The Labute approximate surface area is 810 Å². The van der Waals surface area contributed by atoms with Gasteiger partial charge in [-0.1, -0.05) is 20.8 Å². The standard InChI is InChI=1S/2C17H23ClO6.C16H21ClO6.C16H23ClO5.C15H21ClO5.C14H19ClO5/c1-3-13(18)16(21)22-9(2)14(19)24-17-6-10-4-11(7-17)15(20)23-12(5-10)8-17;1-3-13(23-14(19)9(2)18)16(21)24-17-6-10-4-11(7-17)15(20)22-12(5-10)8-17;1-8(17)13(18)21-9(2)14(19)23-16-5-10-3-11(6-16)15(20)22-12(4-10)7-16;1-3-13(21-14(18)9(2)17)22-16-6-10-4-11(7-16)15(19)20-12(5-10)8-16;1-8(16)13(17)19-9(2)21-15-5-10-3-11(6-15)14(18)20-12(4-10)7-15;1-8(15)12(16)18-7-19-14-4-9-2-10(5-14)13(17)20-11(3-9)6-14/h2*9-13H,3-8H2,1-2H3;8-12H,3-7H2,1-2H3;9-13H,3-8H2,1-2H3;8-12H,3-7H2,1-2H3;8-11H,2-7H2,1H3. The summed E-state index contributed by atoms with van der Waals surface area (Å²) < 4.78 is 99.2. The molecule has 24 fully saturated rings. The minimum absolute atomic E-state index is 0.0450. The van der Waals surface area contributed by atoms with Gasteiger partial charge in [-0.25, -0.2) is 14.4 Å². The molecule has 33 nitrogen and oxygen atoms in total. The number of carbonyl (C=O) groups is 15. The SMILES string of the molecule is CC(Cl)C(=O)OC(C)C(=O)OC12CC3CC(C1)OC(=O)C(C3)C2.CC(Cl)C(=O)OCOC12CC3CC(C1)OC(=O)C(C3)C2.CC(OC(=O)C(C)Cl)OC12CC3CC(C1)OC(=O)C(C3)C2.CCC(Cl)C(=O)OC(C)C(=O)OC12CC3CC(C1)OC(=O)C(C3)C2.CCC(OC(=O)C(C)Cl)C(=O)OC12CC3CC(C1)OC(=O)C(C3)C2.CCC(OC(=O)C(C)Cl)OC12CC3CC(C1)OC(=O)C(C3)C2. The largest absolute Gasteiger partial charge is 0.462 e. The van der Waals surface area contributed by atoms with Crippen LogP contribution in [0.15, 0.2) is 0 Å². The maximum Gasteiger partial charge on any atom is 0.347 e. The highest BCUT2D eigenvalue weighted by atomic mass is 35.5. The lowest BCUT2D eigenvalue weighted by molar-refractivity contribution is -0.236. The molecule has 0 aromatic rings. The summed E-state index contributed by atoms with van der Waals surface area (Å²) in [4.78, 5) is 179. The lowest BCUT2D eigenvalue weighted by Crippen LogP contribution is -2.49. The molecule has 24 aliphatic rings. The van der Waals surface area contributed by atoms with Crippen molar-refractivity contribution in [1.82, 2.24) is 0 Å². The van der Waals surface area contributed by atoms with E-state index in [0.29, 0.717) is 132 Å². The molecule has 35 atom stereocenters. The Kier molecular flexibility index (Phi) is 34.3. The van der Waals surface area contributed by atoms with Crippen LogP contribution in [0, 0.1) is 71.0 Å². The second-order valence-corrected chi connectivity index (χ2v) is 45.1. The Morgan fingerprint density at radius 2 is 0.567 bits per heavy atom. The van der Waals surface area contributed by atoms with Crippen molar-refractivity contribution in [2.75, 3.05) is 6.79 Å². The van der Waals surface area contributed by atoms with Crippen LogP contribution in [0.1, 0.15) is 288 Å². The van der Waals surface area contributed by atoms with Crippen molar-refractivity contribution >= 4 is 159 Å². The van der Waals surface area contributed by atoms with E-state index in [0.717, 1.165) is 116 Å². The van der Waals surface area contributed by atoms with Crippen LogP contribution in [0.3, 0.4) is 0 Å². The van der Waals surface area contributed by atoms with E-state index in [9.17, 15) is 71.9 Å². The fourth-order valence-electron chi connectivity index (χ4n) is 24.9. The quantitative estimate of drug-likeness (QED) is 0.0319. The third kappa shape index (κ3) is 26.1. The lowest BCUT2D eigenvalue weighted by atomic mass is 9.65. The summed E-state index contributed by atoms with van der Waals surface area (Å²) in [5.41, 5.74) is -3.21. The number of hydrogen-bond acceptors (Lipinski definition) is 33. The molecule has 0 radical (unpaired) electrons. The van der Waals surface area contributed by atoms with Crippen LogP contribution in [-0.2, 0) is 157 Å². The summed E-state index contributed by atoms with van der Waals surface area (Å²) in [6.07, 6.45) is 19.0. The summed E-state index contributed by atoms with van der Waals surface area (Å²) in [6.45, 7) is 17.7. The molecule has 12 aliphatic carbocycles. The number of halogens is 6. The number of carbonyl (C=O) groups excluding carboxylic acids is 15. The Bertz CT molecular complexity index is 4340. The smallest absolute Gasteiger partial charge is 0.347 e. The van der Waals surface area contributed by atoms with Gasteiger partial charge in [0.2, 0.25) is 12.6 Å². The molecule has 134 heavy (non-hydrogen) atoms. The molecule has 0 spiro atoms. The first-order valence-electron chi connectivity index (χ1n) is 48.1. The highest BCUT2D eigenvalue weighted by Gasteiger charge is 2.62. The minimum atomic E-state index is -1.02. The van der Waals surface area contributed by atoms with Crippen molar-refractivity contribution in [2.24, 2.45) is 71.0 Å². The van der Waals surface area contributed by atoms with Gasteiger partial charge in [-0.05, 0) is 239 Å². The molecular formula is C95H130Cl6O33. The molecule has 0 N–H and O–H groups in total. The minimum Gasteiger partial charge on any atom is -0.462 e. The molecule has 12 heterocycles. The van der Waals surface area contributed by atoms with E-state index < -0.39 is 145 Å². The second kappa shape index (κ2) is 43.8. The number of rotatable bonds is 27. The van der Waals surface area contributed by atoms with Gasteiger partial charge in [-0.3, -0.25) is 57.5 Å². The Hall–Kier alpha value is -6.33. The summed E-state index contributed by atoms with van der Waals surface area (Å²) in [5, 5.41) is -4.47. The summed E-state index contributed by atoms with van der Waals surface area (Å²) in [5.74, 6) is -4.28.